The number of alkyl halides is 1. The van der Waals surface area contributed by atoms with Crippen molar-refractivity contribution in [1.82, 2.24) is 0 Å². The molecule has 0 heterocycles. The number of phenolic OH excluding ortho intramolecular Hbond substituents is 1. The quantitative estimate of drug-likeness (QED) is 0.795. The van der Waals surface area contributed by atoms with Gasteiger partial charge in [-0.15, -0.1) is 0 Å². The van der Waals surface area contributed by atoms with Crippen LogP contribution in [0.15, 0.2) is 18.2 Å². The Bertz CT molecular complexity index is 275. The van der Waals surface area contributed by atoms with E-state index in [4.69, 9.17) is 11.6 Å². The van der Waals surface area contributed by atoms with Crippen LogP contribution in [-0.2, 0) is 0 Å². The van der Waals surface area contributed by atoms with Crippen LogP contribution in [-0.4, -0.2) is 10.4 Å². The normalized spacial score (nSPS) is 12.9. The highest BCUT2D eigenvalue weighted by atomic mass is 79.9. The summed E-state index contributed by atoms with van der Waals surface area (Å²) in [6.07, 6.45) is 0. The SMILES string of the molecule is CC(CBr)c1ccc(Cl)cc1O. The predicted octanol–water partition coefficient (Wildman–Crippen LogP) is 3.54. The van der Waals surface area contributed by atoms with Crippen LogP contribution in [0.25, 0.3) is 0 Å². The number of hydrogen-bond donors (Lipinski definition) is 1. The lowest BCUT2D eigenvalue weighted by atomic mass is 10.0. The van der Waals surface area contributed by atoms with Crippen LogP contribution in [0.1, 0.15) is 18.4 Å². The van der Waals surface area contributed by atoms with Crippen LogP contribution >= 0.6 is 27.5 Å². The van der Waals surface area contributed by atoms with Crippen molar-refractivity contribution >= 4 is 27.5 Å². The van der Waals surface area contributed by atoms with Gasteiger partial charge in [0.2, 0.25) is 0 Å². The van der Waals surface area contributed by atoms with E-state index in [1.165, 1.54) is 0 Å². The molecule has 1 nitrogen and oxygen atoms in total. The van der Waals surface area contributed by atoms with E-state index in [0.717, 1.165) is 10.9 Å². The minimum atomic E-state index is 0.273. The molecular weight excluding hydrogens is 239 g/mol. The van der Waals surface area contributed by atoms with Gasteiger partial charge in [0.15, 0.2) is 0 Å². The van der Waals surface area contributed by atoms with Gasteiger partial charge in [-0.05, 0) is 23.6 Å². The lowest BCUT2D eigenvalue weighted by molar-refractivity contribution is 0.465. The fraction of sp³-hybridized carbons (Fsp3) is 0.333. The van der Waals surface area contributed by atoms with Gasteiger partial charge >= 0.3 is 0 Å². The molecule has 0 saturated carbocycles. The van der Waals surface area contributed by atoms with Crippen molar-refractivity contribution < 1.29 is 5.11 Å². The first kappa shape index (κ1) is 9.87. The Labute approximate surface area is 85.5 Å². The molecule has 0 aliphatic rings. The Hall–Kier alpha value is -0.210. The van der Waals surface area contributed by atoms with E-state index in [1.807, 2.05) is 13.0 Å². The molecule has 12 heavy (non-hydrogen) atoms. The molecule has 0 aliphatic heterocycles. The molecule has 1 aromatic carbocycles. The second-order valence-corrected chi connectivity index (χ2v) is 3.84. The van der Waals surface area contributed by atoms with Gasteiger partial charge in [0.1, 0.15) is 5.75 Å². The van der Waals surface area contributed by atoms with Gasteiger partial charge < -0.3 is 5.11 Å². The second-order valence-electron chi connectivity index (χ2n) is 2.76. The molecule has 0 saturated heterocycles. The largest absolute Gasteiger partial charge is 0.508 e. The van der Waals surface area contributed by atoms with Crippen molar-refractivity contribution in [2.75, 3.05) is 5.33 Å². The zero-order chi connectivity index (χ0) is 9.14. The second kappa shape index (κ2) is 4.15. The molecular formula is C9H10BrClO. The minimum Gasteiger partial charge on any atom is -0.508 e. The molecule has 0 amide bonds. The molecule has 1 N–H and O–H groups in total. The monoisotopic (exact) mass is 248 g/mol. The molecule has 0 aliphatic carbocycles. The predicted molar refractivity (Wildman–Crippen MR) is 55.3 cm³/mol. The molecule has 0 radical (unpaired) electrons. The van der Waals surface area contributed by atoms with E-state index in [9.17, 15) is 5.11 Å². The van der Waals surface area contributed by atoms with Crippen molar-refractivity contribution in [2.24, 2.45) is 0 Å². The van der Waals surface area contributed by atoms with Crippen LogP contribution in [0.3, 0.4) is 0 Å². The summed E-state index contributed by atoms with van der Waals surface area (Å²) < 4.78 is 0. The Kier molecular flexibility index (Phi) is 3.41. The van der Waals surface area contributed by atoms with Gasteiger partial charge in [-0.25, -0.2) is 0 Å². The van der Waals surface area contributed by atoms with E-state index in [2.05, 4.69) is 15.9 Å². The summed E-state index contributed by atoms with van der Waals surface area (Å²) in [7, 11) is 0. The molecule has 0 spiro atoms. The molecule has 66 valence electrons. The van der Waals surface area contributed by atoms with Crippen LogP contribution in [0, 0.1) is 0 Å². The number of benzene rings is 1. The standard InChI is InChI=1S/C9H10BrClO/c1-6(5-10)8-3-2-7(11)4-9(8)12/h2-4,6,12H,5H2,1H3. The average Bonchev–Trinajstić information content (AvgIpc) is 2.03. The smallest absolute Gasteiger partial charge is 0.120 e. The Morgan fingerprint density at radius 1 is 1.58 bits per heavy atom. The molecule has 3 heteroatoms. The first-order valence-electron chi connectivity index (χ1n) is 3.69. The fourth-order valence-corrected chi connectivity index (χ4v) is 1.53. The number of aromatic hydroxyl groups is 1. The lowest BCUT2D eigenvalue weighted by Crippen LogP contribution is -1.94. The zero-order valence-corrected chi connectivity index (χ0v) is 9.06. The van der Waals surface area contributed by atoms with Crippen molar-refractivity contribution in [3.05, 3.63) is 28.8 Å². The van der Waals surface area contributed by atoms with Gasteiger partial charge in [-0.2, -0.15) is 0 Å². The third kappa shape index (κ3) is 2.14. The number of phenols is 1. The number of halogens is 2. The first-order valence-corrected chi connectivity index (χ1v) is 5.19. The summed E-state index contributed by atoms with van der Waals surface area (Å²) >= 11 is 9.05. The van der Waals surface area contributed by atoms with Crippen molar-refractivity contribution in [3.63, 3.8) is 0 Å². The van der Waals surface area contributed by atoms with Gasteiger partial charge in [-0.3, -0.25) is 0 Å². The maximum absolute atomic E-state index is 9.49. The summed E-state index contributed by atoms with van der Waals surface area (Å²) in [5.41, 5.74) is 0.927. The first-order chi connectivity index (χ1) is 5.65. The molecule has 1 rings (SSSR count). The highest BCUT2D eigenvalue weighted by molar-refractivity contribution is 9.09. The topological polar surface area (TPSA) is 20.2 Å². The van der Waals surface area contributed by atoms with E-state index in [1.54, 1.807) is 12.1 Å². The van der Waals surface area contributed by atoms with Crippen LogP contribution in [0.2, 0.25) is 5.02 Å². The number of hydrogen-bond acceptors (Lipinski definition) is 1. The average molecular weight is 250 g/mol. The highest BCUT2D eigenvalue weighted by Gasteiger charge is 2.08. The van der Waals surface area contributed by atoms with E-state index in [0.29, 0.717) is 10.9 Å². The van der Waals surface area contributed by atoms with E-state index >= 15 is 0 Å². The third-order valence-electron chi connectivity index (χ3n) is 1.75. The Morgan fingerprint density at radius 2 is 2.25 bits per heavy atom. The van der Waals surface area contributed by atoms with Gasteiger partial charge in [0.05, 0.1) is 0 Å². The van der Waals surface area contributed by atoms with Gasteiger partial charge in [-0.1, -0.05) is 40.5 Å². The van der Waals surface area contributed by atoms with Crippen molar-refractivity contribution in [3.8, 4) is 5.75 Å². The van der Waals surface area contributed by atoms with E-state index < -0.39 is 0 Å². The summed E-state index contributed by atoms with van der Waals surface area (Å²) in [5.74, 6) is 0.580. The molecule has 1 aromatic rings. The van der Waals surface area contributed by atoms with Crippen LogP contribution in [0.5, 0.6) is 5.75 Å². The van der Waals surface area contributed by atoms with Gasteiger partial charge in [0, 0.05) is 10.4 Å². The number of rotatable bonds is 2. The summed E-state index contributed by atoms with van der Waals surface area (Å²) in [6, 6.07) is 5.20. The lowest BCUT2D eigenvalue weighted by Gasteiger charge is -2.09. The molecule has 1 unspecified atom stereocenters. The highest BCUT2D eigenvalue weighted by Crippen LogP contribution is 2.29. The van der Waals surface area contributed by atoms with E-state index in [-0.39, 0.29) is 5.75 Å². The van der Waals surface area contributed by atoms with Crippen LogP contribution < -0.4 is 0 Å². The Balaban J connectivity index is 3.01. The molecule has 1 atom stereocenters. The minimum absolute atomic E-state index is 0.273. The summed E-state index contributed by atoms with van der Waals surface area (Å²) in [5, 5.41) is 10.9. The fourth-order valence-electron chi connectivity index (χ4n) is 1.02. The Morgan fingerprint density at radius 3 is 2.75 bits per heavy atom. The van der Waals surface area contributed by atoms with Crippen molar-refractivity contribution in [1.29, 1.82) is 0 Å². The van der Waals surface area contributed by atoms with Crippen molar-refractivity contribution in [2.45, 2.75) is 12.8 Å². The molecule has 0 bridgehead atoms. The molecule has 0 fully saturated rings. The van der Waals surface area contributed by atoms with Crippen LogP contribution in [0.4, 0.5) is 0 Å². The third-order valence-corrected chi connectivity index (χ3v) is 2.96. The maximum Gasteiger partial charge on any atom is 0.120 e. The van der Waals surface area contributed by atoms with Gasteiger partial charge in [0.25, 0.3) is 0 Å². The summed E-state index contributed by atoms with van der Waals surface area (Å²) in [6.45, 7) is 2.04. The summed E-state index contributed by atoms with van der Waals surface area (Å²) in [4.78, 5) is 0. The molecule has 0 aromatic heterocycles. The zero-order valence-electron chi connectivity index (χ0n) is 6.72. The maximum atomic E-state index is 9.49.